The van der Waals surface area contributed by atoms with Gasteiger partial charge < -0.3 is 0 Å². The molecule has 2 unspecified atom stereocenters. The van der Waals surface area contributed by atoms with Gasteiger partial charge in [0.1, 0.15) is 6.07 Å². The van der Waals surface area contributed by atoms with Gasteiger partial charge in [-0.1, -0.05) is 17.7 Å². The highest BCUT2D eigenvalue weighted by atomic mass is 35.5. The van der Waals surface area contributed by atoms with Gasteiger partial charge in [-0.25, -0.2) is 13.6 Å². The van der Waals surface area contributed by atoms with Crippen LogP contribution in [0.1, 0.15) is 36.8 Å². The molecule has 5 nitrogen and oxygen atoms in total. The predicted octanol–water partition coefficient (Wildman–Crippen LogP) is 3.44. The molecule has 1 aromatic heterocycles. The molecule has 0 bridgehead atoms. The number of primary sulfonamides is 1. The van der Waals surface area contributed by atoms with Crippen molar-refractivity contribution in [2.45, 2.75) is 30.9 Å². The minimum atomic E-state index is -3.63. The van der Waals surface area contributed by atoms with Crippen LogP contribution >= 0.6 is 11.6 Å². The lowest BCUT2D eigenvalue weighted by Gasteiger charge is -2.23. The van der Waals surface area contributed by atoms with E-state index in [1.807, 2.05) is 12.1 Å². The zero-order valence-corrected chi connectivity index (χ0v) is 15.3. The Morgan fingerprint density at radius 2 is 2.00 bits per heavy atom. The molecule has 1 aliphatic carbocycles. The van der Waals surface area contributed by atoms with E-state index < -0.39 is 15.3 Å². The van der Waals surface area contributed by atoms with Crippen molar-refractivity contribution in [3.63, 3.8) is 0 Å². The third kappa shape index (κ3) is 3.84. The number of benzene rings is 1. The van der Waals surface area contributed by atoms with Crippen molar-refractivity contribution in [1.82, 2.24) is 4.98 Å². The van der Waals surface area contributed by atoms with E-state index in [2.05, 4.69) is 4.98 Å². The van der Waals surface area contributed by atoms with Crippen LogP contribution in [-0.4, -0.2) is 18.7 Å². The van der Waals surface area contributed by atoms with Gasteiger partial charge in [0.2, 0.25) is 10.0 Å². The van der Waals surface area contributed by atoms with Gasteiger partial charge in [-0.05, 0) is 55.0 Å². The number of sulfonamides is 1. The van der Waals surface area contributed by atoms with Gasteiger partial charge in [-0.2, -0.15) is 5.26 Å². The van der Waals surface area contributed by atoms with Crippen LogP contribution in [0, 0.1) is 17.2 Å². The van der Waals surface area contributed by atoms with Crippen LogP contribution in [0.25, 0.3) is 11.1 Å². The number of pyridine rings is 1. The minimum Gasteiger partial charge on any atom is -0.264 e. The van der Waals surface area contributed by atoms with Crippen molar-refractivity contribution in [3.8, 4) is 17.2 Å². The lowest BCUT2D eigenvalue weighted by Crippen LogP contribution is -2.32. The fraction of sp³-hybridized carbons (Fsp3) is 0.333. The van der Waals surface area contributed by atoms with Crippen molar-refractivity contribution in [2.24, 2.45) is 11.1 Å². The molecule has 0 spiro atoms. The van der Waals surface area contributed by atoms with Crippen LogP contribution in [0.15, 0.2) is 36.7 Å². The standard InChI is InChI=1S/C18H18ClN3O2S/c1-11(25(21,23)24)18(12-2-3-12)16-6-15(9-22-10-16)13-4-5-14(8-20)17(19)7-13/h4-7,9-12,18H,2-3H2,1H3,(H2,21,23,24). The summed E-state index contributed by atoms with van der Waals surface area (Å²) in [7, 11) is -3.63. The molecule has 0 saturated heterocycles. The first-order chi connectivity index (χ1) is 11.8. The first-order valence-electron chi connectivity index (χ1n) is 7.98. The lowest BCUT2D eigenvalue weighted by molar-refractivity contribution is 0.535. The largest absolute Gasteiger partial charge is 0.264 e. The topological polar surface area (TPSA) is 96.8 Å². The zero-order valence-electron chi connectivity index (χ0n) is 13.7. The highest BCUT2D eigenvalue weighted by Crippen LogP contribution is 2.46. The fourth-order valence-corrected chi connectivity index (χ4v) is 4.18. The second-order valence-corrected chi connectivity index (χ2v) is 8.80. The number of rotatable bonds is 5. The average Bonchev–Trinajstić information content (AvgIpc) is 3.39. The second-order valence-electron chi connectivity index (χ2n) is 6.47. The number of nitrogens with two attached hydrogens (primary N) is 1. The summed E-state index contributed by atoms with van der Waals surface area (Å²) in [5.74, 6) is 0.145. The first-order valence-corrected chi connectivity index (χ1v) is 9.96. The Hall–Kier alpha value is -1.94. The molecule has 0 radical (unpaired) electrons. The third-order valence-electron chi connectivity index (χ3n) is 4.72. The van der Waals surface area contributed by atoms with Crippen molar-refractivity contribution < 1.29 is 8.42 Å². The number of hydrogen-bond acceptors (Lipinski definition) is 4. The molecule has 2 atom stereocenters. The number of halogens is 1. The van der Waals surface area contributed by atoms with Gasteiger partial charge in [0, 0.05) is 23.9 Å². The van der Waals surface area contributed by atoms with E-state index in [0.29, 0.717) is 16.5 Å². The number of nitrogens with zero attached hydrogens (tertiary/aromatic N) is 2. The molecule has 1 heterocycles. The molecule has 1 saturated carbocycles. The van der Waals surface area contributed by atoms with Crippen molar-refractivity contribution >= 4 is 21.6 Å². The van der Waals surface area contributed by atoms with Gasteiger partial charge in [0.15, 0.2) is 0 Å². The number of aromatic nitrogens is 1. The Balaban J connectivity index is 2.01. The second kappa shape index (κ2) is 6.75. The van der Waals surface area contributed by atoms with E-state index in [0.717, 1.165) is 29.5 Å². The van der Waals surface area contributed by atoms with E-state index in [-0.39, 0.29) is 5.92 Å². The molecule has 1 fully saturated rings. The maximum absolute atomic E-state index is 11.9. The normalized spacial score (nSPS) is 16.9. The molecule has 2 aromatic rings. The average molecular weight is 376 g/mol. The Morgan fingerprint density at radius 3 is 2.56 bits per heavy atom. The van der Waals surface area contributed by atoms with E-state index in [1.165, 1.54) is 0 Å². The van der Waals surface area contributed by atoms with Crippen molar-refractivity contribution in [1.29, 1.82) is 5.26 Å². The summed E-state index contributed by atoms with van der Waals surface area (Å²) < 4.78 is 23.7. The fourth-order valence-electron chi connectivity index (χ4n) is 3.17. The number of hydrogen-bond donors (Lipinski definition) is 1. The predicted molar refractivity (Wildman–Crippen MR) is 97.4 cm³/mol. The van der Waals surface area contributed by atoms with Crippen LogP contribution in [0.3, 0.4) is 0 Å². The van der Waals surface area contributed by atoms with Gasteiger partial charge >= 0.3 is 0 Å². The molecule has 25 heavy (non-hydrogen) atoms. The summed E-state index contributed by atoms with van der Waals surface area (Å²) in [5.41, 5.74) is 2.93. The van der Waals surface area contributed by atoms with Crippen LogP contribution in [-0.2, 0) is 10.0 Å². The molecule has 0 aliphatic heterocycles. The van der Waals surface area contributed by atoms with Crippen molar-refractivity contribution in [2.75, 3.05) is 0 Å². The number of nitriles is 1. The highest BCUT2D eigenvalue weighted by Gasteiger charge is 2.40. The maximum atomic E-state index is 11.9. The maximum Gasteiger partial charge on any atom is 0.212 e. The molecule has 1 aromatic carbocycles. The molecule has 130 valence electrons. The first kappa shape index (κ1) is 17.9. The summed E-state index contributed by atoms with van der Waals surface area (Å²) in [6.45, 7) is 1.66. The minimum absolute atomic E-state index is 0.170. The van der Waals surface area contributed by atoms with Gasteiger partial charge in [0.05, 0.1) is 15.8 Å². The Labute approximate surface area is 152 Å². The van der Waals surface area contributed by atoms with E-state index in [9.17, 15) is 8.42 Å². The smallest absolute Gasteiger partial charge is 0.212 e. The summed E-state index contributed by atoms with van der Waals surface area (Å²) in [6.07, 6.45) is 5.40. The highest BCUT2D eigenvalue weighted by molar-refractivity contribution is 7.89. The molecule has 0 amide bonds. The Kier molecular flexibility index (Phi) is 4.83. The quantitative estimate of drug-likeness (QED) is 0.865. The van der Waals surface area contributed by atoms with Gasteiger partial charge in [-0.3, -0.25) is 4.98 Å². The molecule has 7 heteroatoms. The molecule has 2 N–H and O–H groups in total. The summed E-state index contributed by atoms with van der Waals surface area (Å²) in [6, 6.07) is 9.16. The molecule has 3 rings (SSSR count). The van der Waals surface area contributed by atoms with Gasteiger partial charge in [0.25, 0.3) is 0 Å². The third-order valence-corrected chi connectivity index (χ3v) is 6.36. The monoisotopic (exact) mass is 375 g/mol. The van der Waals surface area contributed by atoms with E-state index in [1.54, 1.807) is 37.5 Å². The SMILES string of the molecule is CC(C(c1cncc(-c2ccc(C#N)c(Cl)c2)c1)C1CC1)S(N)(=O)=O. The summed E-state index contributed by atoms with van der Waals surface area (Å²) >= 11 is 6.11. The van der Waals surface area contributed by atoms with E-state index in [4.69, 9.17) is 22.0 Å². The lowest BCUT2D eigenvalue weighted by atomic mass is 9.91. The van der Waals surface area contributed by atoms with Crippen LogP contribution in [0.4, 0.5) is 0 Å². The molecule has 1 aliphatic rings. The van der Waals surface area contributed by atoms with Gasteiger partial charge in [-0.15, -0.1) is 0 Å². The summed E-state index contributed by atoms with van der Waals surface area (Å²) in [5, 5.41) is 14.1. The molecular weight excluding hydrogens is 358 g/mol. The summed E-state index contributed by atoms with van der Waals surface area (Å²) in [4.78, 5) is 4.29. The van der Waals surface area contributed by atoms with Crippen molar-refractivity contribution in [3.05, 3.63) is 52.8 Å². The van der Waals surface area contributed by atoms with Crippen LogP contribution < -0.4 is 5.14 Å². The van der Waals surface area contributed by atoms with Crippen LogP contribution in [0.2, 0.25) is 5.02 Å². The molecular formula is C18H18ClN3O2S. The van der Waals surface area contributed by atoms with Crippen LogP contribution in [0.5, 0.6) is 0 Å². The Morgan fingerprint density at radius 1 is 1.28 bits per heavy atom. The zero-order chi connectivity index (χ0) is 18.2. The van der Waals surface area contributed by atoms with E-state index >= 15 is 0 Å². The Bertz CT molecular complexity index is 949.